The Morgan fingerprint density at radius 3 is 2.59 bits per heavy atom. The van der Waals surface area contributed by atoms with Crippen LogP contribution in [0.15, 0.2) is 23.5 Å². The van der Waals surface area contributed by atoms with Crippen LogP contribution in [0.1, 0.15) is 19.3 Å². The molecule has 2 saturated heterocycles. The van der Waals surface area contributed by atoms with Gasteiger partial charge in [0.25, 0.3) is 5.91 Å². The minimum absolute atomic E-state index is 0.0588. The van der Waals surface area contributed by atoms with Crippen LogP contribution in [0.25, 0.3) is 0 Å². The van der Waals surface area contributed by atoms with E-state index in [0.29, 0.717) is 69.3 Å². The zero-order chi connectivity index (χ0) is 18.9. The molecule has 1 spiro atoms. The van der Waals surface area contributed by atoms with Crippen molar-refractivity contribution < 1.29 is 14.4 Å². The van der Waals surface area contributed by atoms with Gasteiger partial charge in [0.1, 0.15) is 17.1 Å². The van der Waals surface area contributed by atoms with E-state index in [0.717, 1.165) is 12.2 Å². The molecular formula is C18H22ClN5O3. The number of piperidine rings is 1. The molecule has 0 atom stereocenters. The fourth-order valence-corrected chi connectivity index (χ4v) is 4.10. The van der Waals surface area contributed by atoms with E-state index in [-0.39, 0.29) is 5.91 Å². The van der Waals surface area contributed by atoms with Gasteiger partial charge in [-0.25, -0.2) is 4.98 Å². The summed E-state index contributed by atoms with van der Waals surface area (Å²) in [7, 11) is 0. The van der Waals surface area contributed by atoms with Gasteiger partial charge in [0.15, 0.2) is 0 Å². The quantitative estimate of drug-likeness (QED) is 0.722. The van der Waals surface area contributed by atoms with Crippen molar-refractivity contribution in [3.8, 4) is 0 Å². The lowest BCUT2D eigenvalue weighted by molar-refractivity contribution is -0.125. The number of aromatic nitrogens is 1. The lowest BCUT2D eigenvalue weighted by atomic mass is 9.87. The summed E-state index contributed by atoms with van der Waals surface area (Å²) >= 11 is 6.22. The van der Waals surface area contributed by atoms with E-state index in [2.05, 4.69) is 15.0 Å². The molecule has 1 aromatic heterocycles. The summed E-state index contributed by atoms with van der Waals surface area (Å²) in [5.74, 6) is 0.699. The Morgan fingerprint density at radius 2 is 1.93 bits per heavy atom. The van der Waals surface area contributed by atoms with Gasteiger partial charge in [0.2, 0.25) is 6.41 Å². The van der Waals surface area contributed by atoms with Crippen molar-refractivity contribution in [2.75, 3.05) is 44.2 Å². The van der Waals surface area contributed by atoms with Crippen molar-refractivity contribution in [3.05, 3.63) is 23.4 Å². The maximum atomic E-state index is 12.8. The molecule has 0 bridgehead atoms. The highest BCUT2D eigenvalue weighted by Crippen LogP contribution is 2.34. The fraction of sp³-hybridized carbons (Fsp3) is 0.556. The van der Waals surface area contributed by atoms with Crippen LogP contribution in [-0.2, 0) is 14.4 Å². The first-order valence-electron chi connectivity index (χ1n) is 9.19. The van der Waals surface area contributed by atoms with E-state index < -0.39 is 5.60 Å². The summed E-state index contributed by atoms with van der Waals surface area (Å²) in [5.41, 5.74) is 0.0623. The summed E-state index contributed by atoms with van der Waals surface area (Å²) in [6.07, 6.45) is 4.52. The summed E-state index contributed by atoms with van der Waals surface area (Å²) in [6.45, 7) is 3.83. The van der Waals surface area contributed by atoms with Gasteiger partial charge in [-0.15, -0.1) is 0 Å². The number of anilines is 1. The molecule has 0 N–H and O–H groups in total. The van der Waals surface area contributed by atoms with Crippen LogP contribution in [0.5, 0.6) is 0 Å². The summed E-state index contributed by atoms with van der Waals surface area (Å²) < 4.78 is 0. The second-order valence-electron chi connectivity index (χ2n) is 7.22. The highest BCUT2D eigenvalue weighted by molar-refractivity contribution is 6.39. The Hall–Kier alpha value is -2.35. The highest BCUT2D eigenvalue weighted by Gasteiger charge is 2.44. The third-order valence-corrected chi connectivity index (χ3v) is 5.84. The molecule has 4 heterocycles. The third kappa shape index (κ3) is 3.58. The number of oxime groups is 1. The smallest absolute Gasteiger partial charge is 0.271 e. The van der Waals surface area contributed by atoms with Gasteiger partial charge < -0.3 is 19.5 Å². The lowest BCUT2D eigenvalue weighted by Crippen LogP contribution is -2.51. The maximum Gasteiger partial charge on any atom is 0.271 e. The number of pyridine rings is 1. The predicted molar refractivity (Wildman–Crippen MR) is 101 cm³/mol. The Morgan fingerprint density at radius 1 is 1.19 bits per heavy atom. The number of amides is 2. The number of hydrogen-bond acceptors (Lipinski definition) is 6. The average Bonchev–Trinajstić information content (AvgIpc) is 3.12. The van der Waals surface area contributed by atoms with Crippen molar-refractivity contribution in [2.24, 2.45) is 5.16 Å². The number of piperazine rings is 1. The van der Waals surface area contributed by atoms with E-state index in [1.165, 1.54) is 0 Å². The molecule has 4 rings (SSSR count). The maximum absolute atomic E-state index is 12.8. The third-order valence-electron chi connectivity index (χ3n) is 5.55. The van der Waals surface area contributed by atoms with Gasteiger partial charge in [0, 0.05) is 64.7 Å². The van der Waals surface area contributed by atoms with E-state index in [9.17, 15) is 9.59 Å². The lowest BCUT2D eigenvalue weighted by Gasteiger charge is -2.36. The number of halogens is 1. The van der Waals surface area contributed by atoms with Crippen LogP contribution in [-0.4, -0.2) is 77.7 Å². The molecule has 3 aliphatic heterocycles. The van der Waals surface area contributed by atoms with Gasteiger partial charge >= 0.3 is 0 Å². The monoisotopic (exact) mass is 391 g/mol. The number of rotatable bonds is 3. The number of nitrogens with zero attached hydrogens (tertiary/aromatic N) is 5. The summed E-state index contributed by atoms with van der Waals surface area (Å²) in [5, 5.41) is 4.72. The largest absolute Gasteiger partial charge is 0.388 e. The average molecular weight is 392 g/mol. The summed E-state index contributed by atoms with van der Waals surface area (Å²) in [6, 6.07) is 3.63. The summed E-state index contributed by atoms with van der Waals surface area (Å²) in [4.78, 5) is 39.4. The molecule has 144 valence electrons. The van der Waals surface area contributed by atoms with E-state index >= 15 is 0 Å². The normalized spacial score (nSPS) is 21.8. The van der Waals surface area contributed by atoms with Gasteiger partial charge in [0.05, 0.1) is 5.02 Å². The van der Waals surface area contributed by atoms with Crippen molar-refractivity contribution in [1.29, 1.82) is 0 Å². The van der Waals surface area contributed by atoms with Crippen LogP contribution in [0, 0.1) is 0 Å². The number of carbonyl (C=O) groups is 2. The molecule has 1 aromatic rings. The molecule has 0 aliphatic carbocycles. The Balaban J connectivity index is 1.33. The first-order chi connectivity index (χ1) is 13.1. The molecule has 0 aromatic carbocycles. The van der Waals surface area contributed by atoms with Gasteiger partial charge in [-0.05, 0) is 12.1 Å². The zero-order valence-electron chi connectivity index (χ0n) is 15.0. The molecule has 27 heavy (non-hydrogen) atoms. The molecule has 8 nitrogen and oxygen atoms in total. The molecule has 3 aliphatic rings. The van der Waals surface area contributed by atoms with Crippen molar-refractivity contribution in [1.82, 2.24) is 14.8 Å². The van der Waals surface area contributed by atoms with Crippen LogP contribution in [0.3, 0.4) is 0 Å². The number of likely N-dealkylation sites (tertiary alicyclic amines) is 1. The van der Waals surface area contributed by atoms with Crippen LogP contribution >= 0.6 is 11.6 Å². The predicted octanol–water partition coefficient (Wildman–Crippen LogP) is 1.15. The van der Waals surface area contributed by atoms with E-state index in [4.69, 9.17) is 16.4 Å². The van der Waals surface area contributed by atoms with Crippen LogP contribution in [0.2, 0.25) is 5.02 Å². The van der Waals surface area contributed by atoms with Crippen molar-refractivity contribution in [3.63, 3.8) is 0 Å². The molecule has 9 heteroatoms. The topological polar surface area (TPSA) is 78.3 Å². The second kappa shape index (κ2) is 7.34. The fourth-order valence-electron chi connectivity index (χ4n) is 3.86. The van der Waals surface area contributed by atoms with Crippen molar-refractivity contribution >= 4 is 35.4 Å². The van der Waals surface area contributed by atoms with Gasteiger partial charge in [-0.3, -0.25) is 9.59 Å². The second-order valence-corrected chi connectivity index (χ2v) is 7.63. The Bertz CT molecular complexity index is 755. The molecular weight excluding hydrogens is 370 g/mol. The Kier molecular flexibility index (Phi) is 4.90. The van der Waals surface area contributed by atoms with Crippen LogP contribution in [0.4, 0.5) is 5.82 Å². The van der Waals surface area contributed by atoms with Crippen molar-refractivity contribution in [2.45, 2.75) is 24.9 Å². The molecule has 2 amide bonds. The highest BCUT2D eigenvalue weighted by atomic mass is 35.5. The SMILES string of the molecule is O=CN1CCC2(CC1)CC(C(=O)N1CCN(c3ncccc3Cl)CC1)=NO2. The number of hydrogen-bond donors (Lipinski definition) is 0. The first-order valence-corrected chi connectivity index (χ1v) is 9.57. The Labute approximate surface area is 162 Å². The first kappa shape index (κ1) is 18.0. The molecule has 0 radical (unpaired) electrons. The molecule has 2 fully saturated rings. The van der Waals surface area contributed by atoms with E-state index in [1.807, 2.05) is 11.0 Å². The van der Waals surface area contributed by atoms with Gasteiger partial charge in [-0.1, -0.05) is 16.8 Å². The van der Waals surface area contributed by atoms with Crippen LogP contribution < -0.4 is 4.90 Å². The minimum Gasteiger partial charge on any atom is -0.388 e. The molecule has 0 saturated carbocycles. The number of carbonyl (C=O) groups excluding carboxylic acids is 2. The minimum atomic E-state index is -0.423. The van der Waals surface area contributed by atoms with E-state index in [1.54, 1.807) is 17.2 Å². The standard InChI is InChI=1S/C18H22ClN5O3/c19-14-2-1-5-20-16(14)23-8-10-24(11-9-23)17(26)15-12-18(27-21-15)3-6-22(13-25)7-4-18/h1-2,5,13H,3-4,6-12H2. The van der Waals surface area contributed by atoms with Gasteiger partial charge in [-0.2, -0.15) is 0 Å². The molecule has 0 unspecified atom stereocenters. The zero-order valence-corrected chi connectivity index (χ0v) is 15.8.